The highest BCUT2D eigenvalue weighted by Gasteiger charge is 2.68. The van der Waals surface area contributed by atoms with Gasteiger partial charge in [-0.2, -0.15) is 0 Å². The second-order valence-corrected chi connectivity index (χ2v) is 12.4. The molecule has 0 spiro atoms. The summed E-state index contributed by atoms with van der Waals surface area (Å²) in [6.07, 6.45) is 0.369. The quantitative estimate of drug-likeness (QED) is 0.440. The van der Waals surface area contributed by atoms with E-state index < -0.39 is 11.2 Å². The molecule has 184 valence electrons. The van der Waals surface area contributed by atoms with E-state index in [1.165, 1.54) is 11.1 Å². The number of fused-ring (bicyclic) bond motifs is 12. The molecule has 2 heterocycles. The average molecular weight is 475 g/mol. The smallest absolute Gasteiger partial charge is 0.415 e. The lowest BCUT2D eigenvalue weighted by molar-refractivity contribution is 0.0535. The Kier molecular flexibility index (Phi) is 4.65. The van der Waals surface area contributed by atoms with Gasteiger partial charge in [-0.05, 0) is 77.1 Å². The van der Waals surface area contributed by atoms with Gasteiger partial charge >= 0.3 is 12.2 Å². The molecule has 2 saturated carbocycles. The molecule has 4 unspecified atom stereocenters. The fourth-order valence-electron chi connectivity index (χ4n) is 7.25. The first-order valence-electron chi connectivity index (χ1n) is 12.7. The van der Waals surface area contributed by atoms with E-state index in [1.54, 1.807) is 0 Å². The third-order valence-corrected chi connectivity index (χ3v) is 7.97. The van der Waals surface area contributed by atoms with Crippen LogP contribution >= 0.6 is 0 Å². The molecular weight excluding hydrogens is 440 g/mol. The van der Waals surface area contributed by atoms with Crippen LogP contribution in [0.4, 0.5) is 21.0 Å². The van der Waals surface area contributed by atoms with Crippen LogP contribution in [0.2, 0.25) is 0 Å². The molecule has 2 aliphatic heterocycles. The summed E-state index contributed by atoms with van der Waals surface area (Å²) < 4.78 is 11.8. The minimum absolute atomic E-state index is 0.0345. The SMILES string of the molecule is CC(C)(C)OC(=O)N1c2ccccc2C2C3CC(C21)C1C3c2ccccc2N1C(=O)OC(C)(C)C. The predicted octanol–water partition coefficient (Wildman–Crippen LogP) is 6.45. The Bertz CT molecular complexity index is 1120. The van der Waals surface area contributed by atoms with Gasteiger partial charge in [-0.25, -0.2) is 9.59 Å². The summed E-state index contributed by atoms with van der Waals surface area (Å²) in [4.78, 5) is 30.9. The summed E-state index contributed by atoms with van der Waals surface area (Å²) >= 11 is 0. The van der Waals surface area contributed by atoms with E-state index in [2.05, 4.69) is 24.3 Å². The minimum Gasteiger partial charge on any atom is -0.443 e. The van der Waals surface area contributed by atoms with Gasteiger partial charge in [-0.15, -0.1) is 0 Å². The molecule has 6 nitrogen and oxygen atoms in total. The Morgan fingerprint density at radius 1 is 0.686 bits per heavy atom. The van der Waals surface area contributed by atoms with Crippen molar-refractivity contribution < 1.29 is 19.1 Å². The van der Waals surface area contributed by atoms with E-state index in [-0.39, 0.29) is 42.0 Å². The summed E-state index contributed by atoms with van der Waals surface area (Å²) in [6.45, 7) is 11.4. The van der Waals surface area contributed by atoms with Crippen molar-refractivity contribution in [2.45, 2.75) is 83.1 Å². The molecule has 2 aromatic carbocycles. The average Bonchev–Trinajstić information content (AvgIpc) is 3.46. The molecular formula is C29H34N2O4. The van der Waals surface area contributed by atoms with Crippen LogP contribution in [0.15, 0.2) is 48.5 Å². The van der Waals surface area contributed by atoms with Gasteiger partial charge in [0.15, 0.2) is 0 Å². The topological polar surface area (TPSA) is 59.1 Å². The molecule has 4 aliphatic rings. The lowest BCUT2D eigenvalue weighted by Crippen LogP contribution is -2.54. The number of hydrogen-bond donors (Lipinski definition) is 0. The summed E-state index contributed by atoms with van der Waals surface area (Å²) in [5.74, 6) is 0.945. The molecule has 6 heteroatoms. The lowest BCUT2D eigenvalue weighted by atomic mass is 9.72. The number of nitrogens with zero attached hydrogens (tertiary/aromatic N) is 2. The van der Waals surface area contributed by atoms with Gasteiger partial charge in [0.05, 0.1) is 23.5 Å². The number of para-hydroxylation sites is 2. The van der Waals surface area contributed by atoms with Crippen LogP contribution in [0, 0.1) is 11.8 Å². The van der Waals surface area contributed by atoms with Gasteiger partial charge in [-0.3, -0.25) is 9.80 Å². The van der Waals surface area contributed by atoms with E-state index in [9.17, 15) is 9.59 Å². The van der Waals surface area contributed by atoms with Crippen LogP contribution in [-0.4, -0.2) is 35.5 Å². The molecule has 0 aromatic heterocycles. The van der Waals surface area contributed by atoms with Gasteiger partial charge in [0.1, 0.15) is 11.2 Å². The molecule has 6 rings (SSSR count). The summed E-state index contributed by atoms with van der Waals surface area (Å²) in [5.41, 5.74) is 3.17. The molecule has 2 bridgehead atoms. The number of anilines is 2. The Morgan fingerprint density at radius 3 is 1.49 bits per heavy atom. The highest BCUT2D eigenvalue weighted by molar-refractivity contribution is 5.95. The maximum Gasteiger partial charge on any atom is 0.415 e. The van der Waals surface area contributed by atoms with Crippen molar-refractivity contribution in [1.29, 1.82) is 0 Å². The molecule has 4 atom stereocenters. The van der Waals surface area contributed by atoms with E-state index in [1.807, 2.05) is 75.6 Å². The zero-order valence-electron chi connectivity index (χ0n) is 21.3. The zero-order valence-corrected chi connectivity index (χ0v) is 21.3. The maximum atomic E-state index is 13.6. The Hall–Kier alpha value is -3.02. The van der Waals surface area contributed by atoms with Crippen molar-refractivity contribution in [2.24, 2.45) is 11.8 Å². The van der Waals surface area contributed by atoms with Crippen LogP contribution in [0.5, 0.6) is 0 Å². The molecule has 2 aliphatic carbocycles. The highest BCUT2D eigenvalue weighted by Crippen LogP contribution is 2.69. The summed E-state index contributed by atoms with van der Waals surface area (Å²) in [7, 11) is 0. The van der Waals surface area contributed by atoms with E-state index in [0.29, 0.717) is 5.92 Å². The predicted molar refractivity (Wildman–Crippen MR) is 135 cm³/mol. The molecule has 0 radical (unpaired) electrons. The first-order chi connectivity index (χ1) is 16.5. The van der Waals surface area contributed by atoms with Crippen molar-refractivity contribution in [2.75, 3.05) is 9.80 Å². The lowest BCUT2D eigenvalue weighted by Gasteiger charge is -2.41. The Morgan fingerprint density at radius 2 is 1.09 bits per heavy atom. The number of hydrogen-bond acceptors (Lipinski definition) is 4. The third-order valence-electron chi connectivity index (χ3n) is 7.97. The van der Waals surface area contributed by atoms with Crippen LogP contribution in [0.1, 0.15) is 70.9 Å². The molecule has 35 heavy (non-hydrogen) atoms. The van der Waals surface area contributed by atoms with Crippen molar-refractivity contribution in [1.82, 2.24) is 0 Å². The van der Waals surface area contributed by atoms with Crippen LogP contribution in [0.25, 0.3) is 0 Å². The van der Waals surface area contributed by atoms with Gasteiger partial charge in [-0.1, -0.05) is 36.4 Å². The van der Waals surface area contributed by atoms with Gasteiger partial charge in [0.2, 0.25) is 0 Å². The molecule has 2 fully saturated rings. The molecule has 0 saturated heterocycles. The van der Waals surface area contributed by atoms with E-state index >= 15 is 0 Å². The highest BCUT2D eigenvalue weighted by atomic mass is 16.6. The number of benzene rings is 2. The number of carbonyl (C=O) groups excluding carboxylic acids is 2. The number of amides is 2. The number of carbonyl (C=O) groups is 2. The number of rotatable bonds is 0. The first-order valence-corrected chi connectivity index (χ1v) is 12.7. The summed E-state index contributed by atoms with van der Waals surface area (Å²) in [6, 6.07) is 16.4. The standard InChI is InChI=1S/C29H34N2O4/c1-28(2,3)34-26(32)30-20-13-9-7-11-16(20)22-18-15-19(24(22)30)25-23(18)17-12-8-10-14-21(17)31(25)27(33)35-29(4,5)6/h7-14,18-19,22-25H,15H2,1-6H3. The second kappa shape index (κ2) is 7.25. The number of ether oxygens (including phenoxy) is 2. The van der Waals surface area contributed by atoms with E-state index in [4.69, 9.17) is 9.47 Å². The Labute approximate surface area is 207 Å². The largest absolute Gasteiger partial charge is 0.443 e. The monoisotopic (exact) mass is 474 g/mol. The third kappa shape index (κ3) is 3.29. The fraction of sp³-hybridized carbons (Fsp3) is 0.517. The zero-order chi connectivity index (χ0) is 24.9. The van der Waals surface area contributed by atoms with Crippen molar-refractivity contribution in [3.8, 4) is 0 Å². The molecule has 2 aromatic rings. The van der Waals surface area contributed by atoms with Gasteiger partial charge in [0, 0.05) is 17.8 Å². The van der Waals surface area contributed by atoms with Crippen LogP contribution in [-0.2, 0) is 9.47 Å². The molecule has 0 N–H and O–H groups in total. The van der Waals surface area contributed by atoms with Crippen molar-refractivity contribution in [3.05, 3.63) is 59.7 Å². The Balaban J connectivity index is 1.44. The van der Waals surface area contributed by atoms with Crippen molar-refractivity contribution in [3.63, 3.8) is 0 Å². The van der Waals surface area contributed by atoms with Crippen molar-refractivity contribution >= 4 is 23.6 Å². The maximum absolute atomic E-state index is 13.6. The van der Waals surface area contributed by atoms with E-state index in [0.717, 1.165) is 17.8 Å². The van der Waals surface area contributed by atoms with Crippen LogP contribution in [0.3, 0.4) is 0 Å². The minimum atomic E-state index is -0.587. The normalized spacial score (nSPS) is 30.0. The van der Waals surface area contributed by atoms with Gasteiger partial charge < -0.3 is 9.47 Å². The summed E-state index contributed by atoms with van der Waals surface area (Å²) in [5, 5.41) is 0. The first kappa shape index (κ1) is 22.4. The fourth-order valence-corrected chi connectivity index (χ4v) is 7.25. The molecule has 2 amide bonds. The van der Waals surface area contributed by atoms with Gasteiger partial charge in [0.25, 0.3) is 0 Å². The van der Waals surface area contributed by atoms with Crippen LogP contribution < -0.4 is 9.80 Å². The second-order valence-electron chi connectivity index (χ2n) is 12.4.